The van der Waals surface area contributed by atoms with Gasteiger partial charge in [0.15, 0.2) is 8.29 Å². The van der Waals surface area contributed by atoms with Crippen molar-refractivity contribution in [3.63, 3.8) is 0 Å². The molecule has 0 spiro atoms. The predicted octanol–water partition coefficient (Wildman–Crippen LogP) is 4.78. The number of esters is 1. The number of benzene rings is 1. The number of halogens is 1. The number of carbonyl (C=O) groups excluding carboxylic acids is 1. The molecule has 0 bridgehead atoms. The smallest absolute Gasteiger partial charge is 0.341 e. The second-order valence-electron chi connectivity index (χ2n) is 4.98. The second-order valence-corrected chi connectivity index (χ2v) is 7.83. The zero-order valence-corrected chi connectivity index (χ0v) is 15.8. The van der Waals surface area contributed by atoms with E-state index in [0.717, 1.165) is 4.34 Å². The van der Waals surface area contributed by atoms with Gasteiger partial charge in [-0.2, -0.15) is 0 Å². The Balaban J connectivity index is 1.74. The first-order chi connectivity index (χ1) is 12.0. The van der Waals surface area contributed by atoms with E-state index >= 15 is 0 Å². The molecule has 0 N–H and O–H groups in total. The van der Waals surface area contributed by atoms with Crippen LogP contribution in [0.2, 0.25) is 0 Å². The summed E-state index contributed by atoms with van der Waals surface area (Å²) in [5, 5.41) is 4.44. The van der Waals surface area contributed by atoms with Gasteiger partial charge in [0.2, 0.25) is 0 Å². The molecule has 3 rings (SSSR count). The van der Waals surface area contributed by atoms with E-state index in [0.29, 0.717) is 32.5 Å². The number of hydrogen-bond donors (Lipinski definition) is 0. The quantitative estimate of drug-likeness (QED) is 0.351. The van der Waals surface area contributed by atoms with Gasteiger partial charge in [-0.1, -0.05) is 23.1 Å². The second kappa shape index (κ2) is 7.51. The summed E-state index contributed by atoms with van der Waals surface area (Å²) in [6.07, 6.45) is 0. The fourth-order valence-electron chi connectivity index (χ4n) is 2.12. The molecule has 0 unspecified atom stereocenters. The zero-order chi connectivity index (χ0) is 18.0. The van der Waals surface area contributed by atoms with Crippen molar-refractivity contribution < 1.29 is 18.3 Å². The van der Waals surface area contributed by atoms with Gasteiger partial charge >= 0.3 is 5.97 Å². The topological polar surface area (TPSA) is 57.3 Å². The zero-order valence-electron chi connectivity index (χ0n) is 13.3. The Morgan fingerprint density at radius 1 is 1.44 bits per heavy atom. The van der Waals surface area contributed by atoms with Crippen molar-refractivity contribution in [2.45, 2.75) is 17.0 Å². The molecule has 0 radical (unpaired) electrons. The Morgan fingerprint density at radius 3 is 2.84 bits per heavy atom. The summed E-state index contributed by atoms with van der Waals surface area (Å²) in [5.41, 5.74) is 1.12. The number of hydrogen-bond acceptors (Lipinski definition) is 7. The molecule has 0 aliphatic carbocycles. The van der Waals surface area contributed by atoms with Gasteiger partial charge in [0.25, 0.3) is 0 Å². The van der Waals surface area contributed by atoms with E-state index in [1.165, 1.54) is 42.3 Å². The number of carbonyl (C=O) groups is 1. The van der Waals surface area contributed by atoms with Crippen molar-refractivity contribution in [2.75, 3.05) is 7.11 Å². The molecule has 0 fully saturated rings. The molecule has 0 atom stereocenters. The molecule has 0 amide bonds. The number of ether oxygens (including phenoxy) is 1. The first kappa shape index (κ1) is 17.8. The van der Waals surface area contributed by atoms with Crippen LogP contribution in [0.3, 0.4) is 0 Å². The number of methoxy groups -OCH3 is 1. The maximum Gasteiger partial charge on any atom is 0.341 e. The third-order valence-electron chi connectivity index (χ3n) is 3.31. The molecular weight excluding hydrogens is 383 g/mol. The Kier molecular flexibility index (Phi) is 5.36. The number of furan rings is 1. The van der Waals surface area contributed by atoms with Gasteiger partial charge in [-0.3, -0.25) is 0 Å². The summed E-state index contributed by atoms with van der Waals surface area (Å²) >= 11 is 8.13. The SMILES string of the molecule is COC(=O)c1cc(CSc2nn(-c3ccc(F)cc3)c(=S)s2)oc1C. The lowest BCUT2D eigenvalue weighted by Crippen LogP contribution is -2.00. The van der Waals surface area contributed by atoms with Crippen molar-refractivity contribution in [3.8, 4) is 5.69 Å². The fraction of sp³-hybridized carbons (Fsp3) is 0.188. The van der Waals surface area contributed by atoms with E-state index in [1.807, 2.05) is 0 Å². The van der Waals surface area contributed by atoms with E-state index in [9.17, 15) is 9.18 Å². The summed E-state index contributed by atoms with van der Waals surface area (Å²) in [7, 11) is 1.33. The highest BCUT2D eigenvalue weighted by Gasteiger charge is 2.16. The molecule has 25 heavy (non-hydrogen) atoms. The average Bonchev–Trinajstić information content (AvgIpc) is 3.15. The number of rotatable bonds is 5. The van der Waals surface area contributed by atoms with Gasteiger partial charge in [-0.15, -0.1) is 5.10 Å². The Bertz CT molecular complexity index is 960. The molecule has 0 saturated carbocycles. The van der Waals surface area contributed by atoms with Crippen molar-refractivity contribution >= 4 is 41.3 Å². The van der Waals surface area contributed by atoms with Crippen LogP contribution in [0.15, 0.2) is 39.1 Å². The normalized spacial score (nSPS) is 10.8. The van der Waals surface area contributed by atoms with Crippen LogP contribution in [0.5, 0.6) is 0 Å². The average molecular weight is 396 g/mol. The van der Waals surface area contributed by atoms with E-state index in [-0.39, 0.29) is 5.82 Å². The van der Waals surface area contributed by atoms with Gasteiger partial charge in [0, 0.05) is 0 Å². The molecule has 130 valence electrons. The molecular formula is C16H13FN2O3S3. The predicted molar refractivity (Wildman–Crippen MR) is 96.6 cm³/mol. The minimum absolute atomic E-state index is 0.310. The molecule has 2 heterocycles. The first-order valence-corrected chi connectivity index (χ1v) is 9.35. The molecule has 3 aromatic rings. The largest absolute Gasteiger partial charge is 0.465 e. The van der Waals surface area contributed by atoms with Crippen LogP contribution in [0, 0.1) is 16.7 Å². The molecule has 2 aromatic heterocycles. The number of aryl methyl sites for hydroxylation is 1. The number of nitrogens with zero attached hydrogens (tertiary/aromatic N) is 2. The van der Waals surface area contributed by atoms with Crippen molar-refractivity contribution in [3.05, 3.63) is 57.2 Å². The van der Waals surface area contributed by atoms with Crippen LogP contribution in [-0.2, 0) is 10.5 Å². The number of thioether (sulfide) groups is 1. The Hall–Kier alpha value is -1.97. The van der Waals surface area contributed by atoms with Crippen molar-refractivity contribution in [1.82, 2.24) is 9.78 Å². The van der Waals surface area contributed by atoms with E-state index in [2.05, 4.69) is 5.10 Å². The van der Waals surface area contributed by atoms with E-state index in [4.69, 9.17) is 21.4 Å². The monoisotopic (exact) mass is 396 g/mol. The third-order valence-corrected chi connectivity index (χ3v) is 5.70. The van der Waals surface area contributed by atoms with Gasteiger partial charge in [-0.25, -0.2) is 13.9 Å². The molecule has 0 saturated heterocycles. The molecule has 1 aromatic carbocycles. The van der Waals surface area contributed by atoms with Crippen LogP contribution in [0.25, 0.3) is 5.69 Å². The lowest BCUT2D eigenvalue weighted by atomic mass is 10.2. The number of aromatic nitrogens is 2. The minimum atomic E-state index is -0.422. The van der Waals surface area contributed by atoms with Gasteiger partial charge in [0.1, 0.15) is 22.9 Å². The van der Waals surface area contributed by atoms with Crippen LogP contribution in [-0.4, -0.2) is 22.9 Å². The van der Waals surface area contributed by atoms with E-state index < -0.39 is 5.97 Å². The third kappa shape index (κ3) is 4.00. The highest BCUT2D eigenvalue weighted by Crippen LogP contribution is 2.29. The standard InChI is InChI=1S/C16H13FN2O3S3/c1-9-13(14(20)21-2)7-12(22-9)8-24-15-18-19(16(23)25-15)11-5-3-10(17)4-6-11/h3-7H,8H2,1-2H3. The van der Waals surface area contributed by atoms with Gasteiger partial charge < -0.3 is 9.15 Å². The lowest BCUT2D eigenvalue weighted by Gasteiger charge is -1.99. The molecule has 5 nitrogen and oxygen atoms in total. The van der Waals surface area contributed by atoms with Crippen molar-refractivity contribution in [1.29, 1.82) is 0 Å². The van der Waals surface area contributed by atoms with Gasteiger partial charge in [0.05, 0.1) is 18.6 Å². The Labute approximate surface area is 156 Å². The highest BCUT2D eigenvalue weighted by atomic mass is 32.2. The van der Waals surface area contributed by atoms with Crippen LogP contribution in [0.1, 0.15) is 21.9 Å². The Morgan fingerprint density at radius 2 is 2.16 bits per heavy atom. The summed E-state index contributed by atoms with van der Waals surface area (Å²) in [6, 6.07) is 7.65. The summed E-state index contributed by atoms with van der Waals surface area (Å²) in [5.74, 6) is 0.941. The van der Waals surface area contributed by atoms with Gasteiger partial charge in [-0.05, 0) is 49.5 Å². The lowest BCUT2D eigenvalue weighted by molar-refractivity contribution is 0.0599. The molecule has 0 aliphatic heterocycles. The highest BCUT2D eigenvalue weighted by molar-refractivity contribution is 8.00. The summed E-state index contributed by atoms with van der Waals surface area (Å²) in [6.45, 7) is 1.72. The summed E-state index contributed by atoms with van der Waals surface area (Å²) in [4.78, 5) is 11.6. The van der Waals surface area contributed by atoms with Crippen molar-refractivity contribution in [2.24, 2.45) is 0 Å². The maximum absolute atomic E-state index is 13.0. The first-order valence-electron chi connectivity index (χ1n) is 7.14. The molecule has 9 heteroatoms. The molecule has 0 aliphatic rings. The van der Waals surface area contributed by atoms with E-state index in [1.54, 1.807) is 29.8 Å². The van der Waals surface area contributed by atoms with Crippen LogP contribution >= 0.6 is 35.3 Å². The van der Waals surface area contributed by atoms with Crippen LogP contribution < -0.4 is 0 Å². The maximum atomic E-state index is 13.0. The minimum Gasteiger partial charge on any atom is -0.465 e. The fourth-order valence-corrected chi connectivity index (χ4v) is 4.37. The van der Waals surface area contributed by atoms with Crippen LogP contribution in [0.4, 0.5) is 4.39 Å². The summed E-state index contributed by atoms with van der Waals surface area (Å²) < 4.78 is 26.2.